The number of hydrogen-bond donors (Lipinski definition) is 1. The van der Waals surface area contributed by atoms with Crippen LogP contribution in [-0.4, -0.2) is 21.3 Å². The van der Waals surface area contributed by atoms with Crippen LogP contribution in [0, 0.1) is 6.92 Å². The topological polar surface area (TPSA) is 42.7 Å². The molecule has 0 aliphatic carbocycles. The van der Waals surface area contributed by atoms with Gasteiger partial charge in [-0.2, -0.15) is 5.10 Å². The molecule has 0 aromatic carbocycles. The first-order valence-electron chi connectivity index (χ1n) is 5.33. The molecule has 0 unspecified atom stereocenters. The van der Waals surface area contributed by atoms with Gasteiger partial charge in [0.1, 0.15) is 5.15 Å². The number of nitrogens with zero attached hydrogens (tertiary/aromatic N) is 3. The second-order valence-electron chi connectivity index (χ2n) is 3.80. The molecular formula is C11H15ClN4. The molecule has 5 heteroatoms. The van der Waals surface area contributed by atoms with Crippen LogP contribution in [0.4, 0.5) is 0 Å². The van der Waals surface area contributed by atoms with Crippen molar-refractivity contribution in [2.24, 2.45) is 7.05 Å². The third-order valence-corrected chi connectivity index (χ3v) is 2.92. The summed E-state index contributed by atoms with van der Waals surface area (Å²) in [7, 11) is 1.88. The highest BCUT2D eigenvalue weighted by atomic mass is 35.5. The highest BCUT2D eigenvalue weighted by Crippen LogP contribution is 2.22. The highest BCUT2D eigenvalue weighted by Gasteiger charge is 2.10. The zero-order valence-electron chi connectivity index (χ0n) is 9.71. The van der Waals surface area contributed by atoms with Crippen molar-refractivity contribution in [2.75, 3.05) is 6.54 Å². The maximum absolute atomic E-state index is 6.13. The van der Waals surface area contributed by atoms with Gasteiger partial charge in [0.2, 0.25) is 0 Å². The molecule has 2 aromatic rings. The van der Waals surface area contributed by atoms with E-state index in [2.05, 4.69) is 28.4 Å². The van der Waals surface area contributed by atoms with Crippen molar-refractivity contribution < 1.29 is 0 Å². The molecule has 2 aromatic heterocycles. The summed E-state index contributed by atoms with van der Waals surface area (Å²) in [6, 6.07) is 2.07. The van der Waals surface area contributed by atoms with E-state index in [1.165, 1.54) is 0 Å². The lowest BCUT2D eigenvalue weighted by atomic mass is 10.2. The van der Waals surface area contributed by atoms with Crippen LogP contribution in [0.2, 0.25) is 5.15 Å². The van der Waals surface area contributed by atoms with Crippen molar-refractivity contribution in [1.82, 2.24) is 20.1 Å². The van der Waals surface area contributed by atoms with Crippen molar-refractivity contribution in [2.45, 2.75) is 20.4 Å². The van der Waals surface area contributed by atoms with E-state index >= 15 is 0 Å². The third kappa shape index (κ3) is 1.90. The van der Waals surface area contributed by atoms with Crippen molar-refractivity contribution in [3.05, 3.63) is 22.5 Å². The Balaban J connectivity index is 2.52. The van der Waals surface area contributed by atoms with E-state index in [0.717, 1.165) is 35.4 Å². The Bertz CT molecular complexity index is 518. The quantitative estimate of drug-likeness (QED) is 0.833. The SMILES string of the molecule is CCNCc1cc2c(C)nn(C)c2nc1Cl. The minimum atomic E-state index is 0.552. The van der Waals surface area contributed by atoms with Crippen LogP contribution in [0.3, 0.4) is 0 Å². The normalized spacial score (nSPS) is 11.2. The van der Waals surface area contributed by atoms with Crippen molar-refractivity contribution >= 4 is 22.6 Å². The minimum absolute atomic E-state index is 0.552. The van der Waals surface area contributed by atoms with Crippen LogP contribution >= 0.6 is 11.6 Å². The molecule has 0 saturated carbocycles. The molecule has 2 heterocycles. The number of pyridine rings is 1. The Morgan fingerprint density at radius 2 is 2.25 bits per heavy atom. The van der Waals surface area contributed by atoms with E-state index in [4.69, 9.17) is 11.6 Å². The number of nitrogens with one attached hydrogen (secondary N) is 1. The highest BCUT2D eigenvalue weighted by molar-refractivity contribution is 6.30. The summed E-state index contributed by atoms with van der Waals surface area (Å²) in [5.74, 6) is 0. The second kappa shape index (κ2) is 4.39. The van der Waals surface area contributed by atoms with E-state index < -0.39 is 0 Å². The first-order valence-corrected chi connectivity index (χ1v) is 5.70. The Morgan fingerprint density at radius 1 is 1.50 bits per heavy atom. The number of aryl methyl sites for hydroxylation is 2. The average Bonchev–Trinajstić information content (AvgIpc) is 2.51. The van der Waals surface area contributed by atoms with Gasteiger partial charge >= 0.3 is 0 Å². The molecule has 0 spiro atoms. The number of fused-ring (bicyclic) bond motifs is 1. The molecule has 0 amide bonds. The fourth-order valence-corrected chi connectivity index (χ4v) is 1.95. The number of aromatic nitrogens is 3. The maximum Gasteiger partial charge on any atom is 0.159 e. The summed E-state index contributed by atoms with van der Waals surface area (Å²) in [5.41, 5.74) is 2.84. The summed E-state index contributed by atoms with van der Waals surface area (Å²) >= 11 is 6.13. The van der Waals surface area contributed by atoms with E-state index in [1.807, 2.05) is 14.0 Å². The van der Waals surface area contributed by atoms with Crippen molar-refractivity contribution in [3.8, 4) is 0 Å². The molecule has 2 rings (SSSR count). The molecule has 4 nitrogen and oxygen atoms in total. The molecule has 16 heavy (non-hydrogen) atoms. The maximum atomic E-state index is 6.13. The van der Waals surface area contributed by atoms with Gasteiger partial charge in [-0.1, -0.05) is 18.5 Å². The van der Waals surface area contributed by atoms with Crippen molar-refractivity contribution in [3.63, 3.8) is 0 Å². The van der Waals surface area contributed by atoms with Crippen LogP contribution in [-0.2, 0) is 13.6 Å². The van der Waals surface area contributed by atoms with Crippen LogP contribution in [0.5, 0.6) is 0 Å². The van der Waals surface area contributed by atoms with Gasteiger partial charge in [-0.15, -0.1) is 0 Å². The van der Waals surface area contributed by atoms with Crippen molar-refractivity contribution in [1.29, 1.82) is 0 Å². The third-order valence-electron chi connectivity index (χ3n) is 2.59. The molecule has 0 radical (unpaired) electrons. The molecular weight excluding hydrogens is 224 g/mol. The van der Waals surface area contributed by atoms with E-state index in [1.54, 1.807) is 4.68 Å². The zero-order valence-corrected chi connectivity index (χ0v) is 10.5. The smallest absolute Gasteiger partial charge is 0.159 e. The summed E-state index contributed by atoms with van der Waals surface area (Å²) in [4.78, 5) is 4.37. The lowest BCUT2D eigenvalue weighted by Crippen LogP contribution is -2.12. The summed E-state index contributed by atoms with van der Waals surface area (Å²) in [5, 5.41) is 9.19. The fourth-order valence-electron chi connectivity index (χ4n) is 1.75. The average molecular weight is 239 g/mol. The van der Waals surface area contributed by atoms with E-state index in [-0.39, 0.29) is 0 Å². The number of halogens is 1. The van der Waals surface area contributed by atoms with Gasteiger partial charge in [0.25, 0.3) is 0 Å². The predicted molar refractivity (Wildman–Crippen MR) is 65.6 cm³/mol. The number of hydrogen-bond acceptors (Lipinski definition) is 3. The van der Waals surface area contributed by atoms with E-state index in [0.29, 0.717) is 5.15 Å². The standard InChI is InChI=1S/C11H15ClN4/c1-4-13-6-8-5-9-7(2)15-16(3)11(9)14-10(8)12/h5,13H,4,6H2,1-3H3. The van der Waals surface area contributed by atoms with E-state index in [9.17, 15) is 0 Å². The van der Waals surface area contributed by atoms with Gasteiger partial charge in [-0.25, -0.2) is 4.98 Å². The second-order valence-corrected chi connectivity index (χ2v) is 4.16. The summed E-state index contributed by atoms with van der Waals surface area (Å²) in [6.07, 6.45) is 0. The Morgan fingerprint density at radius 3 is 2.94 bits per heavy atom. The molecule has 0 fully saturated rings. The first kappa shape index (κ1) is 11.4. The van der Waals surface area contributed by atoms with Crippen LogP contribution in [0.1, 0.15) is 18.2 Å². The van der Waals surface area contributed by atoms with Crippen LogP contribution < -0.4 is 5.32 Å². The molecule has 1 N–H and O–H groups in total. The largest absolute Gasteiger partial charge is 0.313 e. The molecule has 0 aliphatic heterocycles. The molecule has 0 saturated heterocycles. The number of rotatable bonds is 3. The van der Waals surface area contributed by atoms with Crippen LogP contribution in [0.25, 0.3) is 11.0 Å². The molecule has 86 valence electrons. The first-order chi connectivity index (χ1) is 7.63. The summed E-state index contributed by atoms with van der Waals surface area (Å²) in [6.45, 7) is 5.71. The van der Waals surface area contributed by atoms with Gasteiger partial charge in [-0.3, -0.25) is 4.68 Å². The van der Waals surface area contributed by atoms with Gasteiger partial charge < -0.3 is 5.32 Å². The Hall–Kier alpha value is -1.13. The molecule has 0 aliphatic rings. The van der Waals surface area contributed by atoms with Gasteiger partial charge in [0.15, 0.2) is 5.65 Å². The summed E-state index contributed by atoms with van der Waals surface area (Å²) < 4.78 is 1.76. The lowest BCUT2D eigenvalue weighted by Gasteiger charge is -2.04. The fraction of sp³-hybridized carbons (Fsp3) is 0.455. The Kier molecular flexibility index (Phi) is 3.12. The van der Waals surface area contributed by atoms with Gasteiger partial charge in [-0.05, 0) is 19.5 Å². The minimum Gasteiger partial charge on any atom is -0.313 e. The lowest BCUT2D eigenvalue weighted by molar-refractivity contribution is 0.725. The zero-order chi connectivity index (χ0) is 11.7. The Labute approximate surface area is 99.6 Å². The predicted octanol–water partition coefficient (Wildman–Crippen LogP) is 2.04. The van der Waals surface area contributed by atoms with Gasteiger partial charge in [0.05, 0.1) is 5.69 Å². The molecule has 0 atom stereocenters. The van der Waals surface area contributed by atoms with Crippen LogP contribution in [0.15, 0.2) is 6.07 Å². The van der Waals surface area contributed by atoms with Gasteiger partial charge in [0, 0.05) is 24.5 Å². The molecule has 0 bridgehead atoms. The monoisotopic (exact) mass is 238 g/mol.